The lowest BCUT2D eigenvalue weighted by molar-refractivity contribution is 0.0869. The van der Waals surface area contributed by atoms with Gasteiger partial charge in [-0.1, -0.05) is 12.1 Å². The summed E-state index contributed by atoms with van der Waals surface area (Å²) < 4.78 is 0. The molecule has 0 aliphatic carbocycles. The Morgan fingerprint density at radius 1 is 1.35 bits per heavy atom. The fourth-order valence-electron chi connectivity index (χ4n) is 2.43. The van der Waals surface area contributed by atoms with Gasteiger partial charge in [-0.3, -0.25) is 9.69 Å². The molecule has 2 N–H and O–H groups in total. The minimum atomic E-state index is -0.595. The van der Waals surface area contributed by atoms with Gasteiger partial charge in [0.05, 0.1) is 12.1 Å². The van der Waals surface area contributed by atoms with Gasteiger partial charge < -0.3 is 10.4 Å². The van der Waals surface area contributed by atoms with Crippen LogP contribution in [0.5, 0.6) is 0 Å². The van der Waals surface area contributed by atoms with E-state index >= 15 is 0 Å². The fraction of sp³-hybridized carbons (Fsp3) is 0.562. The molecule has 1 fully saturated rings. The molecule has 1 aromatic carbocycles. The zero-order valence-corrected chi connectivity index (χ0v) is 12.4. The van der Waals surface area contributed by atoms with Gasteiger partial charge in [-0.25, -0.2) is 0 Å². The second-order valence-corrected chi connectivity index (χ2v) is 6.18. The van der Waals surface area contributed by atoms with E-state index in [4.69, 9.17) is 0 Å². The van der Waals surface area contributed by atoms with E-state index in [1.807, 2.05) is 18.2 Å². The van der Waals surface area contributed by atoms with Crippen LogP contribution in [-0.2, 0) is 6.54 Å². The van der Waals surface area contributed by atoms with Gasteiger partial charge in [-0.15, -0.1) is 0 Å². The van der Waals surface area contributed by atoms with Crippen LogP contribution < -0.4 is 5.32 Å². The molecule has 0 bridgehead atoms. The van der Waals surface area contributed by atoms with Crippen molar-refractivity contribution in [3.63, 3.8) is 0 Å². The Morgan fingerprint density at radius 3 is 2.70 bits per heavy atom. The summed E-state index contributed by atoms with van der Waals surface area (Å²) in [4.78, 5) is 14.6. The lowest BCUT2D eigenvalue weighted by Gasteiger charge is -2.23. The van der Waals surface area contributed by atoms with Crippen molar-refractivity contribution in [1.29, 1.82) is 0 Å². The van der Waals surface area contributed by atoms with E-state index in [0.717, 1.165) is 19.6 Å². The fourth-order valence-corrected chi connectivity index (χ4v) is 2.43. The van der Waals surface area contributed by atoms with Crippen molar-refractivity contribution in [1.82, 2.24) is 10.2 Å². The van der Waals surface area contributed by atoms with Gasteiger partial charge in [0.15, 0.2) is 0 Å². The number of rotatable bonds is 5. The number of aliphatic hydroxyl groups excluding tert-OH is 1. The number of carbonyl (C=O) groups excluding carboxylic acids is 1. The Morgan fingerprint density at radius 2 is 2.05 bits per heavy atom. The van der Waals surface area contributed by atoms with Crippen molar-refractivity contribution in [2.45, 2.75) is 38.8 Å². The highest BCUT2D eigenvalue weighted by molar-refractivity contribution is 5.94. The summed E-state index contributed by atoms with van der Waals surface area (Å²) in [7, 11) is 0. The second kappa shape index (κ2) is 6.37. The van der Waals surface area contributed by atoms with Gasteiger partial charge in [-0.05, 0) is 57.5 Å². The molecule has 1 saturated heterocycles. The quantitative estimate of drug-likeness (QED) is 0.862. The first-order valence-corrected chi connectivity index (χ1v) is 7.25. The summed E-state index contributed by atoms with van der Waals surface area (Å²) in [6.07, 6.45) is 2.54. The lowest BCUT2D eigenvalue weighted by atomic mass is 10.0. The van der Waals surface area contributed by atoms with Crippen molar-refractivity contribution in [2.75, 3.05) is 19.7 Å². The first-order chi connectivity index (χ1) is 9.50. The van der Waals surface area contributed by atoms with Gasteiger partial charge in [0.2, 0.25) is 0 Å². The predicted molar refractivity (Wildman–Crippen MR) is 79.6 cm³/mol. The topological polar surface area (TPSA) is 52.6 Å². The maximum absolute atomic E-state index is 12.2. The number of benzene rings is 1. The standard InChI is InChI=1S/C16H24N2O2/c1-16(2,12-19)17-15(20)14-7-5-6-13(10-14)11-18-8-3-4-9-18/h5-7,10,19H,3-4,8-9,11-12H2,1-2H3,(H,17,20). The number of nitrogens with one attached hydrogen (secondary N) is 1. The van der Waals surface area contributed by atoms with Crippen molar-refractivity contribution >= 4 is 5.91 Å². The highest BCUT2D eigenvalue weighted by Crippen LogP contribution is 2.14. The van der Waals surface area contributed by atoms with Crippen LogP contribution in [0, 0.1) is 0 Å². The lowest BCUT2D eigenvalue weighted by Crippen LogP contribution is -2.46. The smallest absolute Gasteiger partial charge is 0.251 e. The zero-order chi connectivity index (χ0) is 14.6. The molecule has 0 spiro atoms. The molecule has 0 atom stereocenters. The first-order valence-electron chi connectivity index (χ1n) is 7.25. The van der Waals surface area contributed by atoms with E-state index in [0.29, 0.717) is 5.56 Å². The monoisotopic (exact) mass is 276 g/mol. The van der Waals surface area contributed by atoms with E-state index in [2.05, 4.69) is 16.3 Å². The molecule has 2 rings (SSSR count). The minimum Gasteiger partial charge on any atom is -0.394 e. The number of likely N-dealkylation sites (tertiary alicyclic amines) is 1. The third-order valence-electron chi connectivity index (χ3n) is 3.64. The summed E-state index contributed by atoms with van der Waals surface area (Å²) >= 11 is 0. The molecule has 1 aliphatic rings. The van der Waals surface area contributed by atoms with Gasteiger partial charge in [0.25, 0.3) is 5.91 Å². The number of nitrogens with zero attached hydrogens (tertiary/aromatic N) is 1. The summed E-state index contributed by atoms with van der Waals surface area (Å²) in [5.41, 5.74) is 1.23. The Bertz CT molecular complexity index is 465. The molecule has 0 saturated carbocycles. The van der Waals surface area contributed by atoms with E-state index in [-0.39, 0.29) is 12.5 Å². The predicted octanol–water partition coefficient (Wildman–Crippen LogP) is 1.78. The molecule has 110 valence electrons. The van der Waals surface area contributed by atoms with Gasteiger partial charge >= 0.3 is 0 Å². The molecule has 1 aliphatic heterocycles. The number of hydrogen-bond acceptors (Lipinski definition) is 3. The summed E-state index contributed by atoms with van der Waals surface area (Å²) in [6, 6.07) is 7.75. The average molecular weight is 276 g/mol. The number of hydrogen-bond donors (Lipinski definition) is 2. The molecule has 4 nitrogen and oxygen atoms in total. The normalized spacial score (nSPS) is 16.4. The van der Waals surface area contributed by atoms with Crippen molar-refractivity contribution < 1.29 is 9.90 Å². The van der Waals surface area contributed by atoms with E-state index in [9.17, 15) is 9.90 Å². The van der Waals surface area contributed by atoms with Crippen molar-refractivity contribution in [3.8, 4) is 0 Å². The van der Waals surface area contributed by atoms with Crippen LogP contribution in [0.15, 0.2) is 24.3 Å². The average Bonchev–Trinajstić information content (AvgIpc) is 2.91. The number of amides is 1. The van der Waals surface area contributed by atoms with E-state index in [1.165, 1.54) is 18.4 Å². The van der Waals surface area contributed by atoms with Gasteiger partial charge in [0.1, 0.15) is 0 Å². The van der Waals surface area contributed by atoms with Crippen molar-refractivity contribution in [3.05, 3.63) is 35.4 Å². The summed E-state index contributed by atoms with van der Waals surface area (Å²) in [5, 5.41) is 12.1. The third-order valence-corrected chi connectivity index (χ3v) is 3.64. The first kappa shape index (κ1) is 15.0. The third kappa shape index (κ3) is 4.05. The Balaban J connectivity index is 2.03. The Labute approximate surface area is 120 Å². The van der Waals surface area contributed by atoms with Gasteiger partial charge in [-0.2, -0.15) is 0 Å². The SMILES string of the molecule is CC(C)(CO)NC(=O)c1cccc(CN2CCCC2)c1. The van der Waals surface area contributed by atoms with Crippen LogP contribution in [0.25, 0.3) is 0 Å². The summed E-state index contributed by atoms with van der Waals surface area (Å²) in [6.45, 7) is 6.73. The molecule has 4 heteroatoms. The highest BCUT2D eigenvalue weighted by Gasteiger charge is 2.20. The highest BCUT2D eigenvalue weighted by atomic mass is 16.3. The van der Waals surface area contributed by atoms with Gasteiger partial charge in [0, 0.05) is 12.1 Å². The molecule has 20 heavy (non-hydrogen) atoms. The zero-order valence-electron chi connectivity index (χ0n) is 12.4. The van der Waals surface area contributed by atoms with Crippen molar-refractivity contribution in [2.24, 2.45) is 0 Å². The number of carbonyl (C=O) groups is 1. The van der Waals surface area contributed by atoms with Crippen LogP contribution in [0.4, 0.5) is 0 Å². The molecule has 0 unspecified atom stereocenters. The number of aliphatic hydroxyl groups is 1. The molecular formula is C16H24N2O2. The maximum atomic E-state index is 12.2. The maximum Gasteiger partial charge on any atom is 0.251 e. The molecule has 1 aromatic rings. The second-order valence-electron chi connectivity index (χ2n) is 6.18. The van der Waals surface area contributed by atoms with Crippen LogP contribution in [-0.4, -0.2) is 41.1 Å². The van der Waals surface area contributed by atoms with E-state index < -0.39 is 5.54 Å². The molecule has 1 heterocycles. The Hall–Kier alpha value is -1.39. The van der Waals surface area contributed by atoms with Crippen LogP contribution in [0.2, 0.25) is 0 Å². The summed E-state index contributed by atoms with van der Waals surface area (Å²) in [5.74, 6) is -0.132. The van der Waals surface area contributed by atoms with Crippen LogP contribution in [0.3, 0.4) is 0 Å². The van der Waals surface area contributed by atoms with E-state index in [1.54, 1.807) is 13.8 Å². The molecule has 0 aromatic heterocycles. The molecule has 1 amide bonds. The Kier molecular flexibility index (Phi) is 4.78. The largest absolute Gasteiger partial charge is 0.394 e. The van der Waals surface area contributed by atoms with Crippen LogP contribution >= 0.6 is 0 Å². The molecular weight excluding hydrogens is 252 g/mol. The van der Waals surface area contributed by atoms with Crippen LogP contribution in [0.1, 0.15) is 42.6 Å². The minimum absolute atomic E-state index is 0.0772. The molecule has 0 radical (unpaired) electrons.